The number of sulfonamides is 1. The minimum Gasteiger partial charge on any atom is -0.506 e. The molecule has 2 N–H and O–H groups in total. The molecule has 0 bridgehead atoms. The maximum Gasteiger partial charge on any atom is 0.227 e. The Hall–Kier alpha value is -2.38. The number of aromatic hydroxyl groups is 1. The van der Waals surface area contributed by atoms with E-state index in [0.717, 1.165) is 11.1 Å². The van der Waals surface area contributed by atoms with E-state index in [4.69, 9.17) is 0 Å². The van der Waals surface area contributed by atoms with Gasteiger partial charge in [0, 0.05) is 19.0 Å². The van der Waals surface area contributed by atoms with Crippen LogP contribution in [0.4, 0.5) is 5.69 Å². The van der Waals surface area contributed by atoms with Crippen LogP contribution in [0.3, 0.4) is 0 Å². The van der Waals surface area contributed by atoms with Crippen LogP contribution in [0.2, 0.25) is 0 Å². The van der Waals surface area contributed by atoms with Gasteiger partial charge in [-0.15, -0.1) is 0 Å². The summed E-state index contributed by atoms with van der Waals surface area (Å²) < 4.78 is 26.6. The number of phenolic OH excluding ortho intramolecular Hbond substituents is 1. The van der Waals surface area contributed by atoms with Crippen LogP contribution in [-0.2, 0) is 20.6 Å². The Morgan fingerprint density at radius 1 is 1.15 bits per heavy atom. The number of phenols is 1. The van der Waals surface area contributed by atoms with Crippen LogP contribution < -0.4 is 5.32 Å². The van der Waals surface area contributed by atoms with Crippen LogP contribution in [0, 0.1) is 12.8 Å². The number of carbonyl (C=O) groups is 1. The van der Waals surface area contributed by atoms with Crippen LogP contribution in [0.25, 0.3) is 0 Å². The fourth-order valence-corrected chi connectivity index (χ4v) is 4.82. The summed E-state index contributed by atoms with van der Waals surface area (Å²) in [6, 6.07) is 14.2. The third-order valence-corrected chi connectivity index (χ3v) is 6.67. The molecule has 0 saturated carbocycles. The van der Waals surface area contributed by atoms with Crippen molar-refractivity contribution in [3.05, 3.63) is 59.7 Å². The normalized spacial score (nSPS) is 16.2. The van der Waals surface area contributed by atoms with Gasteiger partial charge >= 0.3 is 0 Å². The predicted octanol–water partition coefficient (Wildman–Crippen LogP) is 2.88. The molecule has 6 nitrogen and oxygen atoms in total. The van der Waals surface area contributed by atoms with Crippen molar-refractivity contribution >= 4 is 21.6 Å². The number of rotatable bonds is 5. The highest BCUT2D eigenvalue weighted by Crippen LogP contribution is 2.27. The molecule has 0 atom stereocenters. The summed E-state index contributed by atoms with van der Waals surface area (Å²) >= 11 is 0. The summed E-state index contributed by atoms with van der Waals surface area (Å²) in [5.41, 5.74) is 2.04. The number of nitrogens with one attached hydrogen (secondary N) is 1. The Bertz CT molecular complexity index is 905. The quantitative estimate of drug-likeness (QED) is 0.771. The third-order valence-electron chi connectivity index (χ3n) is 4.82. The lowest BCUT2D eigenvalue weighted by molar-refractivity contribution is -0.120. The Labute approximate surface area is 159 Å². The summed E-state index contributed by atoms with van der Waals surface area (Å²) in [5, 5.41) is 12.7. The molecular weight excluding hydrogens is 364 g/mol. The van der Waals surface area contributed by atoms with Gasteiger partial charge in [0.1, 0.15) is 5.75 Å². The molecule has 1 amide bonds. The van der Waals surface area contributed by atoms with Gasteiger partial charge < -0.3 is 10.4 Å². The maximum atomic E-state index is 12.6. The molecule has 1 aliphatic heterocycles. The number of nitrogens with zero attached hydrogens (tertiary/aromatic N) is 1. The fraction of sp³-hybridized carbons (Fsp3) is 0.350. The number of amides is 1. The molecule has 0 spiro atoms. The Balaban J connectivity index is 1.57. The lowest BCUT2D eigenvalue weighted by Gasteiger charge is -2.30. The molecule has 3 rings (SSSR count). The number of anilines is 1. The molecule has 144 valence electrons. The monoisotopic (exact) mass is 388 g/mol. The molecule has 2 aromatic carbocycles. The van der Waals surface area contributed by atoms with Crippen LogP contribution in [0.5, 0.6) is 5.75 Å². The molecule has 0 radical (unpaired) electrons. The van der Waals surface area contributed by atoms with Gasteiger partial charge in [-0.2, -0.15) is 0 Å². The number of hydrogen-bond donors (Lipinski definition) is 2. The first-order valence-electron chi connectivity index (χ1n) is 8.97. The Morgan fingerprint density at radius 3 is 2.44 bits per heavy atom. The summed E-state index contributed by atoms with van der Waals surface area (Å²) in [6.45, 7) is 2.51. The second-order valence-corrected chi connectivity index (χ2v) is 8.89. The summed E-state index contributed by atoms with van der Waals surface area (Å²) in [4.78, 5) is 12.5. The van der Waals surface area contributed by atoms with Gasteiger partial charge in [-0.3, -0.25) is 4.79 Å². The summed E-state index contributed by atoms with van der Waals surface area (Å²) in [6.07, 6.45) is 0.930. The fourth-order valence-electron chi connectivity index (χ4n) is 3.25. The topological polar surface area (TPSA) is 86.7 Å². The summed E-state index contributed by atoms with van der Waals surface area (Å²) in [5.74, 6) is -0.448. The largest absolute Gasteiger partial charge is 0.506 e. The molecular formula is C20H24N2O4S. The molecule has 27 heavy (non-hydrogen) atoms. The molecule has 1 aliphatic rings. The first kappa shape index (κ1) is 19.4. The van der Waals surface area contributed by atoms with E-state index in [-0.39, 0.29) is 23.3 Å². The first-order valence-corrected chi connectivity index (χ1v) is 10.6. The maximum absolute atomic E-state index is 12.6. The molecule has 1 saturated heterocycles. The van der Waals surface area contributed by atoms with E-state index in [9.17, 15) is 18.3 Å². The van der Waals surface area contributed by atoms with Gasteiger partial charge in [-0.1, -0.05) is 36.4 Å². The van der Waals surface area contributed by atoms with E-state index in [1.807, 2.05) is 31.2 Å². The average Bonchev–Trinajstić information content (AvgIpc) is 2.64. The van der Waals surface area contributed by atoms with E-state index in [1.165, 1.54) is 4.31 Å². The second-order valence-electron chi connectivity index (χ2n) is 6.92. The molecule has 0 aromatic heterocycles. The second kappa shape index (κ2) is 8.10. The van der Waals surface area contributed by atoms with E-state index in [0.29, 0.717) is 31.6 Å². The van der Waals surface area contributed by atoms with Crippen LogP contribution >= 0.6 is 0 Å². The molecule has 1 heterocycles. The molecule has 1 fully saturated rings. The zero-order chi connectivity index (χ0) is 19.4. The van der Waals surface area contributed by atoms with Crippen LogP contribution in [0.15, 0.2) is 48.5 Å². The van der Waals surface area contributed by atoms with Crippen molar-refractivity contribution in [3.63, 3.8) is 0 Å². The zero-order valence-electron chi connectivity index (χ0n) is 15.3. The number of aryl methyl sites for hydroxylation is 1. The lowest BCUT2D eigenvalue weighted by atomic mass is 9.97. The summed E-state index contributed by atoms with van der Waals surface area (Å²) in [7, 11) is -3.39. The van der Waals surface area contributed by atoms with Crippen molar-refractivity contribution in [2.24, 2.45) is 5.92 Å². The molecule has 7 heteroatoms. The smallest absolute Gasteiger partial charge is 0.227 e. The third kappa shape index (κ3) is 4.87. The van der Waals surface area contributed by atoms with E-state index >= 15 is 0 Å². The van der Waals surface area contributed by atoms with Crippen molar-refractivity contribution in [2.75, 3.05) is 18.4 Å². The number of hydrogen-bond acceptors (Lipinski definition) is 4. The minimum atomic E-state index is -3.39. The van der Waals surface area contributed by atoms with Gasteiger partial charge in [0.05, 0.1) is 11.4 Å². The van der Waals surface area contributed by atoms with E-state index in [2.05, 4.69) is 5.32 Å². The van der Waals surface area contributed by atoms with Gasteiger partial charge in [-0.05, 0) is 43.0 Å². The van der Waals surface area contributed by atoms with Gasteiger partial charge in [0.15, 0.2) is 0 Å². The zero-order valence-corrected chi connectivity index (χ0v) is 16.1. The molecule has 2 aromatic rings. The number of piperidine rings is 1. The van der Waals surface area contributed by atoms with Crippen LogP contribution in [-0.4, -0.2) is 36.8 Å². The van der Waals surface area contributed by atoms with Crippen molar-refractivity contribution < 1.29 is 18.3 Å². The average molecular weight is 388 g/mol. The van der Waals surface area contributed by atoms with Crippen molar-refractivity contribution in [1.29, 1.82) is 0 Å². The number of carbonyl (C=O) groups excluding carboxylic acids is 1. The van der Waals surface area contributed by atoms with E-state index < -0.39 is 10.0 Å². The van der Waals surface area contributed by atoms with Gasteiger partial charge in [0.25, 0.3) is 0 Å². The lowest BCUT2D eigenvalue weighted by Crippen LogP contribution is -2.41. The van der Waals surface area contributed by atoms with E-state index in [1.54, 1.807) is 24.3 Å². The predicted molar refractivity (Wildman–Crippen MR) is 105 cm³/mol. The van der Waals surface area contributed by atoms with Crippen molar-refractivity contribution in [1.82, 2.24) is 4.31 Å². The SMILES string of the molecule is Cc1ccc(NC(=O)C2CCN(S(=O)(=O)Cc3ccccc3)CC2)c(O)c1. The highest BCUT2D eigenvalue weighted by atomic mass is 32.2. The molecule has 0 unspecified atom stereocenters. The molecule has 0 aliphatic carbocycles. The van der Waals surface area contributed by atoms with Crippen molar-refractivity contribution in [3.8, 4) is 5.75 Å². The van der Waals surface area contributed by atoms with Gasteiger partial charge in [-0.25, -0.2) is 12.7 Å². The highest BCUT2D eigenvalue weighted by molar-refractivity contribution is 7.88. The Kier molecular flexibility index (Phi) is 5.82. The minimum absolute atomic E-state index is 0.0259. The highest BCUT2D eigenvalue weighted by Gasteiger charge is 2.31. The van der Waals surface area contributed by atoms with Crippen LogP contribution in [0.1, 0.15) is 24.0 Å². The standard InChI is InChI=1S/C20H24N2O4S/c1-15-7-8-18(19(23)13-15)21-20(24)17-9-11-22(12-10-17)27(25,26)14-16-5-3-2-4-6-16/h2-8,13,17,23H,9-12,14H2,1H3,(H,21,24). The number of benzene rings is 2. The van der Waals surface area contributed by atoms with Crippen molar-refractivity contribution in [2.45, 2.75) is 25.5 Å². The Morgan fingerprint density at radius 2 is 1.81 bits per heavy atom. The van der Waals surface area contributed by atoms with Gasteiger partial charge in [0.2, 0.25) is 15.9 Å². The first-order chi connectivity index (χ1) is 12.8.